The van der Waals surface area contributed by atoms with Gasteiger partial charge in [0.1, 0.15) is 0 Å². The van der Waals surface area contributed by atoms with Gasteiger partial charge in [-0.1, -0.05) is 0 Å². The Labute approximate surface area is 90.6 Å². The van der Waals surface area contributed by atoms with Crippen molar-refractivity contribution in [1.29, 1.82) is 0 Å². The van der Waals surface area contributed by atoms with Crippen LogP contribution in [0.4, 0.5) is 0 Å². The zero-order valence-corrected chi connectivity index (χ0v) is 9.28. The average Bonchev–Trinajstić information content (AvgIpc) is 2.85. The van der Waals surface area contributed by atoms with Crippen molar-refractivity contribution in [3.05, 3.63) is 18.2 Å². The molecule has 1 N–H and O–H groups in total. The second-order valence-corrected chi connectivity index (χ2v) is 4.20. The van der Waals surface area contributed by atoms with Gasteiger partial charge >= 0.3 is 0 Å². The van der Waals surface area contributed by atoms with Crippen LogP contribution in [0.25, 0.3) is 0 Å². The summed E-state index contributed by atoms with van der Waals surface area (Å²) in [6, 6.07) is 0. The number of imidazole rings is 1. The number of hydrogen-bond acceptors (Lipinski definition) is 3. The lowest BCUT2D eigenvalue weighted by atomic mass is 10.1. The van der Waals surface area contributed by atoms with Crippen LogP contribution in [0, 0.1) is 5.92 Å². The molecule has 1 fully saturated rings. The van der Waals surface area contributed by atoms with Crippen LogP contribution in [0.1, 0.15) is 18.5 Å². The molecule has 1 atom stereocenters. The second-order valence-electron chi connectivity index (χ2n) is 4.20. The maximum absolute atomic E-state index is 5.63. The number of nitrogens with one attached hydrogen (secondary N) is 1. The first-order valence-electron chi connectivity index (χ1n) is 5.60. The van der Waals surface area contributed by atoms with Crippen LogP contribution in [0.2, 0.25) is 0 Å². The first-order valence-corrected chi connectivity index (χ1v) is 5.60. The van der Waals surface area contributed by atoms with Crippen LogP contribution in [-0.2, 0) is 18.4 Å². The minimum Gasteiger partial charge on any atom is -0.375 e. The molecule has 4 heteroatoms. The van der Waals surface area contributed by atoms with E-state index >= 15 is 0 Å². The minimum absolute atomic E-state index is 0.677. The number of ether oxygens (including phenoxy) is 1. The third-order valence-corrected chi connectivity index (χ3v) is 3.00. The Morgan fingerprint density at radius 2 is 2.60 bits per heavy atom. The molecule has 2 heterocycles. The molecule has 0 aliphatic carbocycles. The van der Waals surface area contributed by atoms with Crippen LogP contribution < -0.4 is 5.32 Å². The summed E-state index contributed by atoms with van der Waals surface area (Å²) in [6.07, 6.45) is 6.14. The highest BCUT2D eigenvalue weighted by atomic mass is 16.5. The lowest BCUT2D eigenvalue weighted by Gasteiger charge is -2.08. The summed E-state index contributed by atoms with van der Waals surface area (Å²) in [4.78, 5) is 4.05. The Balaban J connectivity index is 1.60. The van der Waals surface area contributed by atoms with E-state index < -0.39 is 0 Å². The van der Waals surface area contributed by atoms with Crippen LogP contribution >= 0.6 is 0 Å². The summed E-state index contributed by atoms with van der Waals surface area (Å²) < 4.78 is 7.63. The highest BCUT2D eigenvalue weighted by Crippen LogP contribution is 2.12. The van der Waals surface area contributed by atoms with E-state index in [0.29, 0.717) is 6.61 Å². The van der Waals surface area contributed by atoms with Crippen molar-refractivity contribution in [3.63, 3.8) is 0 Å². The van der Waals surface area contributed by atoms with Crippen LogP contribution in [0.3, 0.4) is 0 Å². The molecule has 0 aromatic carbocycles. The van der Waals surface area contributed by atoms with Crippen LogP contribution in [0.5, 0.6) is 0 Å². The molecule has 1 saturated heterocycles. The summed E-state index contributed by atoms with van der Waals surface area (Å²) in [6.45, 7) is 3.87. The molecule has 0 saturated carbocycles. The summed E-state index contributed by atoms with van der Waals surface area (Å²) in [7, 11) is 1.99. The topological polar surface area (TPSA) is 39.1 Å². The Bertz CT molecular complexity index is 292. The highest BCUT2D eigenvalue weighted by molar-refractivity contribution is 4.94. The molecule has 1 aliphatic heterocycles. The molecular formula is C11H19N3O. The lowest BCUT2D eigenvalue weighted by molar-refractivity contribution is 0.105. The van der Waals surface area contributed by atoms with Gasteiger partial charge in [-0.15, -0.1) is 0 Å². The van der Waals surface area contributed by atoms with Crippen molar-refractivity contribution < 1.29 is 4.74 Å². The van der Waals surface area contributed by atoms with Gasteiger partial charge in [0.25, 0.3) is 0 Å². The molecule has 1 unspecified atom stereocenters. The smallest absolute Gasteiger partial charge is 0.0946 e. The van der Waals surface area contributed by atoms with Gasteiger partial charge in [0.05, 0.1) is 24.8 Å². The van der Waals surface area contributed by atoms with Gasteiger partial charge in [0, 0.05) is 13.7 Å². The number of hydrogen-bond donors (Lipinski definition) is 1. The van der Waals surface area contributed by atoms with Crippen LogP contribution in [-0.4, -0.2) is 29.2 Å². The molecule has 1 aliphatic rings. The predicted molar refractivity (Wildman–Crippen MR) is 58.5 cm³/mol. The van der Waals surface area contributed by atoms with Crippen molar-refractivity contribution in [2.75, 3.05) is 19.7 Å². The molecule has 84 valence electrons. The third kappa shape index (κ3) is 3.04. The lowest BCUT2D eigenvalue weighted by Crippen LogP contribution is -2.11. The van der Waals surface area contributed by atoms with E-state index in [9.17, 15) is 0 Å². The standard InChI is InChI=1S/C11H19N3O/c1-14-9-13-7-11(14)8-15-5-3-10-2-4-12-6-10/h7,9-10,12H,2-6,8H2,1H3. The van der Waals surface area contributed by atoms with Gasteiger partial charge in [0.15, 0.2) is 0 Å². The first-order chi connectivity index (χ1) is 7.36. The molecule has 1 aromatic rings. The number of aryl methyl sites for hydroxylation is 1. The Hall–Kier alpha value is -0.870. The van der Waals surface area contributed by atoms with E-state index in [1.54, 1.807) is 6.33 Å². The molecule has 0 spiro atoms. The van der Waals surface area contributed by atoms with Gasteiger partial charge in [-0.05, 0) is 31.8 Å². The van der Waals surface area contributed by atoms with E-state index in [4.69, 9.17) is 4.74 Å². The van der Waals surface area contributed by atoms with E-state index in [1.165, 1.54) is 19.4 Å². The largest absolute Gasteiger partial charge is 0.375 e. The van der Waals surface area contributed by atoms with Crippen molar-refractivity contribution in [2.24, 2.45) is 13.0 Å². The second kappa shape index (κ2) is 5.28. The van der Waals surface area contributed by atoms with Crippen molar-refractivity contribution >= 4 is 0 Å². The minimum atomic E-state index is 0.677. The maximum atomic E-state index is 5.63. The van der Waals surface area contributed by atoms with Crippen molar-refractivity contribution in [2.45, 2.75) is 19.4 Å². The molecule has 0 bridgehead atoms. The van der Waals surface area contributed by atoms with Gasteiger partial charge < -0.3 is 14.6 Å². The summed E-state index contributed by atoms with van der Waals surface area (Å²) in [5.41, 5.74) is 1.14. The van der Waals surface area contributed by atoms with E-state index in [2.05, 4.69) is 10.3 Å². The fourth-order valence-electron chi connectivity index (χ4n) is 1.91. The molecular weight excluding hydrogens is 190 g/mol. The summed E-state index contributed by atoms with van der Waals surface area (Å²) >= 11 is 0. The summed E-state index contributed by atoms with van der Waals surface area (Å²) in [5, 5.41) is 3.37. The van der Waals surface area contributed by atoms with Gasteiger partial charge in [0.2, 0.25) is 0 Å². The summed E-state index contributed by atoms with van der Waals surface area (Å²) in [5.74, 6) is 0.816. The van der Waals surface area contributed by atoms with Gasteiger partial charge in [-0.3, -0.25) is 0 Å². The zero-order valence-electron chi connectivity index (χ0n) is 9.28. The Morgan fingerprint density at radius 1 is 1.67 bits per heavy atom. The number of rotatable bonds is 5. The predicted octanol–water partition coefficient (Wildman–Crippen LogP) is 0.936. The molecule has 0 amide bonds. The number of aromatic nitrogens is 2. The molecule has 2 rings (SSSR count). The van der Waals surface area contributed by atoms with E-state index in [0.717, 1.165) is 24.8 Å². The maximum Gasteiger partial charge on any atom is 0.0946 e. The van der Waals surface area contributed by atoms with Gasteiger partial charge in [-0.25, -0.2) is 4.98 Å². The van der Waals surface area contributed by atoms with Gasteiger partial charge in [-0.2, -0.15) is 0 Å². The average molecular weight is 209 g/mol. The molecule has 15 heavy (non-hydrogen) atoms. The highest BCUT2D eigenvalue weighted by Gasteiger charge is 2.13. The SMILES string of the molecule is Cn1cncc1COCCC1CCNC1. The molecule has 1 aromatic heterocycles. The van der Waals surface area contributed by atoms with E-state index in [-0.39, 0.29) is 0 Å². The monoisotopic (exact) mass is 209 g/mol. The normalized spacial score (nSPS) is 21.0. The molecule has 0 radical (unpaired) electrons. The molecule has 4 nitrogen and oxygen atoms in total. The Kier molecular flexibility index (Phi) is 3.75. The quantitative estimate of drug-likeness (QED) is 0.733. The fourth-order valence-corrected chi connectivity index (χ4v) is 1.91. The number of nitrogens with zero attached hydrogens (tertiary/aromatic N) is 2. The zero-order chi connectivity index (χ0) is 10.5. The first kappa shape index (κ1) is 10.6. The van der Waals surface area contributed by atoms with E-state index in [1.807, 2.05) is 17.8 Å². The fraction of sp³-hybridized carbons (Fsp3) is 0.727. The van der Waals surface area contributed by atoms with Crippen molar-refractivity contribution in [3.8, 4) is 0 Å². The van der Waals surface area contributed by atoms with Crippen molar-refractivity contribution in [1.82, 2.24) is 14.9 Å². The Morgan fingerprint density at radius 3 is 3.27 bits per heavy atom. The third-order valence-electron chi connectivity index (χ3n) is 3.00. The van der Waals surface area contributed by atoms with Crippen LogP contribution in [0.15, 0.2) is 12.5 Å².